The van der Waals surface area contributed by atoms with Crippen LogP contribution >= 0.6 is 11.8 Å². The van der Waals surface area contributed by atoms with Crippen LogP contribution in [0.4, 0.5) is 0 Å². The van der Waals surface area contributed by atoms with Crippen molar-refractivity contribution < 1.29 is 4.74 Å². The third-order valence-electron chi connectivity index (χ3n) is 6.24. The molecule has 6 unspecified atom stereocenters. The molecule has 0 spiro atoms. The van der Waals surface area contributed by atoms with Gasteiger partial charge in [0, 0.05) is 54.5 Å². The standard InChI is InChI=1S/C18H25N5OS/c1-11(23-6-3-5-22-23)16-13-4-2-7-24-17-15(13)14(10-19-16)25-18(17)12-8-20-21-9-12/h3,5-6,8-9,11,13-19H,2,4,7,10H2,1H3,(H,20,21)/t11?,13?,14?,15?,16?,17-,18?/m0/s1. The molecule has 7 atom stereocenters. The zero-order valence-corrected chi connectivity index (χ0v) is 15.2. The van der Waals surface area contributed by atoms with Gasteiger partial charge in [-0.25, -0.2) is 0 Å². The highest BCUT2D eigenvalue weighted by molar-refractivity contribution is 8.00. The zero-order chi connectivity index (χ0) is 16.8. The third-order valence-corrected chi connectivity index (χ3v) is 7.90. The van der Waals surface area contributed by atoms with Crippen molar-refractivity contribution in [1.82, 2.24) is 25.3 Å². The van der Waals surface area contributed by atoms with Crippen LogP contribution in [0, 0.1) is 11.8 Å². The van der Waals surface area contributed by atoms with E-state index in [4.69, 9.17) is 4.74 Å². The summed E-state index contributed by atoms with van der Waals surface area (Å²) in [6, 6.07) is 2.83. The van der Waals surface area contributed by atoms with E-state index in [-0.39, 0.29) is 0 Å². The van der Waals surface area contributed by atoms with Crippen LogP contribution in [0.3, 0.4) is 0 Å². The SMILES string of the molecule is CC(C1NCC2SC(c3cn[nH]c3)[C@H]3OCCCC1C23)n1cccn1. The Hall–Kier alpha value is -1.31. The first-order valence-corrected chi connectivity index (χ1v) is 10.3. The van der Waals surface area contributed by atoms with Crippen molar-refractivity contribution in [3.8, 4) is 0 Å². The molecule has 2 aromatic rings. The molecule has 5 heterocycles. The summed E-state index contributed by atoms with van der Waals surface area (Å²) in [6.07, 6.45) is 10.7. The van der Waals surface area contributed by atoms with Gasteiger partial charge in [0.1, 0.15) is 0 Å². The molecule has 134 valence electrons. The van der Waals surface area contributed by atoms with Gasteiger partial charge in [0.05, 0.1) is 23.6 Å². The van der Waals surface area contributed by atoms with Crippen molar-refractivity contribution in [2.45, 2.75) is 48.5 Å². The van der Waals surface area contributed by atoms with Crippen LogP contribution < -0.4 is 5.32 Å². The number of aromatic nitrogens is 4. The minimum Gasteiger partial charge on any atom is -0.376 e. The Morgan fingerprint density at radius 2 is 2.40 bits per heavy atom. The summed E-state index contributed by atoms with van der Waals surface area (Å²) in [7, 11) is 0. The lowest BCUT2D eigenvalue weighted by Crippen LogP contribution is -2.55. The number of nitrogens with one attached hydrogen (secondary N) is 2. The largest absolute Gasteiger partial charge is 0.376 e. The summed E-state index contributed by atoms with van der Waals surface area (Å²) in [5, 5.41) is 16.5. The average Bonchev–Trinajstić information content (AvgIpc) is 3.35. The molecule has 0 amide bonds. The first-order chi connectivity index (χ1) is 12.3. The number of rotatable bonds is 3. The van der Waals surface area contributed by atoms with Gasteiger partial charge in [0.2, 0.25) is 0 Å². The number of aromatic amines is 1. The van der Waals surface area contributed by atoms with Gasteiger partial charge in [0.15, 0.2) is 0 Å². The molecular weight excluding hydrogens is 334 g/mol. The van der Waals surface area contributed by atoms with Crippen molar-refractivity contribution >= 4 is 11.8 Å². The van der Waals surface area contributed by atoms with Gasteiger partial charge in [-0.3, -0.25) is 9.78 Å². The molecule has 3 aliphatic heterocycles. The Balaban J connectivity index is 1.46. The van der Waals surface area contributed by atoms with E-state index in [0.717, 1.165) is 19.6 Å². The highest BCUT2D eigenvalue weighted by atomic mass is 32.2. The van der Waals surface area contributed by atoms with Crippen molar-refractivity contribution in [2.75, 3.05) is 13.2 Å². The second-order valence-corrected chi connectivity index (χ2v) is 8.89. The molecule has 7 heteroatoms. The van der Waals surface area contributed by atoms with E-state index in [9.17, 15) is 0 Å². The first-order valence-electron chi connectivity index (χ1n) is 9.31. The minimum atomic E-state index is 0.300. The first kappa shape index (κ1) is 15.9. The lowest BCUT2D eigenvalue weighted by atomic mass is 9.72. The van der Waals surface area contributed by atoms with Gasteiger partial charge in [-0.1, -0.05) is 0 Å². The summed E-state index contributed by atoms with van der Waals surface area (Å²) < 4.78 is 8.51. The molecule has 0 aliphatic carbocycles. The van der Waals surface area contributed by atoms with Crippen LogP contribution in [0.5, 0.6) is 0 Å². The topological polar surface area (TPSA) is 67.8 Å². The van der Waals surface area contributed by atoms with E-state index in [0.29, 0.717) is 40.5 Å². The number of hydrogen-bond acceptors (Lipinski definition) is 5. The van der Waals surface area contributed by atoms with Crippen LogP contribution in [0.15, 0.2) is 30.9 Å². The van der Waals surface area contributed by atoms with Gasteiger partial charge in [-0.15, -0.1) is 11.8 Å². The fourth-order valence-electron chi connectivity index (χ4n) is 5.12. The smallest absolute Gasteiger partial charge is 0.0778 e. The normalized spacial score (nSPS) is 38.9. The lowest BCUT2D eigenvalue weighted by Gasteiger charge is -2.43. The van der Waals surface area contributed by atoms with Gasteiger partial charge in [0.25, 0.3) is 0 Å². The van der Waals surface area contributed by atoms with Gasteiger partial charge in [-0.05, 0) is 31.7 Å². The minimum absolute atomic E-state index is 0.300. The van der Waals surface area contributed by atoms with Crippen LogP contribution in [0.2, 0.25) is 0 Å². The van der Waals surface area contributed by atoms with Crippen LogP contribution in [-0.4, -0.2) is 50.5 Å². The highest BCUT2D eigenvalue weighted by Crippen LogP contribution is 2.56. The van der Waals surface area contributed by atoms with E-state index in [2.05, 4.69) is 50.2 Å². The maximum absolute atomic E-state index is 6.41. The molecule has 3 saturated heterocycles. The molecule has 2 aromatic heterocycles. The average molecular weight is 359 g/mol. The lowest BCUT2D eigenvalue weighted by molar-refractivity contribution is 0.00335. The number of piperidine rings is 1. The Morgan fingerprint density at radius 1 is 1.44 bits per heavy atom. The second kappa shape index (κ2) is 6.45. The van der Waals surface area contributed by atoms with E-state index in [1.807, 2.05) is 24.7 Å². The van der Waals surface area contributed by atoms with E-state index >= 15 is 0 Å². The quantitative estimate of drug-likeness (QED) is 0.881. The molecule has 6 nitrogen and oxygen atoms in total. The summed E-state index contributed by atoms with van der Waals surface area (Å²) in [6.45, 7) is 4.22. The molecular formula is C18H25N5OS. The predicted molar refractivity (Wildman–Crippen MR) is 97.4 cm³/mol. The molecule has 3 aliphatic rings. The van der Waals surface area contributed by atoms with E-state index in [1.165, 1.54) is 12.0 Å². The third kappa shape index (κ3) is 2.64. The Labute approximate surface area is 152 Å². The molecule has 3 fully saturated rings. The fourth-order valence-corrected chi connectivity index (χ4v) is 6.93. The van der Waals surface area contributed by atoms with Crippen molar-refractivity contribution in [3.05, 3.63) is 36.4 Å². The number of H-pyrrole nitrogens is 1. The number of thioether (sulfide) groups is 1. The summed E-state index contributed by atoms with van der Waals surface area (Å²) >= 11 is 2.08. The fraction of sp³-hybridized carbons (Fsp3) is 0.667. The maximum atomic E-state index is 6.41. The van der Waals surface area contributed by atoms with E-state index < -0.39 is 0 Å². The van der Waals surface area contributed by atoms with E-state index in [1.54, 1.807) is 0 Å². The number of hydrogen-bond donors (Lipinski definition) is 2. The summed E-state index contributed by atoms with van der Waals surface area (Å²) in [5.74, 6) is 1.24. The second-order valence-electron chi connectivity index (χ2n) is 7.51. The van der Waals surface area contributed by atoms with Crippen molar-refractivity contribution in [2.24, 2.45) is 11.8 Å². The maximum Gasteiger partial charge on any atom is 0.0778 e. The Morgan fingerprint density at radius 3 is 3.20 bits per heavy atom. The monoisotopic (exact) mass is 359 g/mol. The molecule has 0 radical (unpaired) electrons. The Bertz CT molecular complexity index is 690. The van der Waals surface area contributed by atoms with Crippen molar-refractivity contribution in [3.63, 3.8) is 0 Å². The molecule has 25 heavy (non-hydrogen) atoms. The summed E-state index contributed by atoms with van der Waals surface area (Å²) in [4.78, 5) is 0. The van der Waals surface area contributed by atoms with Gasteiger partial charge >= 0.3 is 0 Å². The van der Waals surface area contributed by atoms with Crippen LogP contribution in [-0.2, 0) is 4.74 Å². The van der Waals surface area contributed by atoms with Crippen LogP contribution in [0.1, 0.15) is 36.6 Å². The Kier molecular flexibility index (Phi) is 4.10. The number of ether oxygens (including phenoxy) is 1. The molecule has 0 aromatic carbocycles. The zero-order valence-electron chi connectivity index (χ0n) is 14.4. The van der Waals surface area contributed by atoms with Gasteiger partial charge < -0.3 is 10.1 Å². The molecule has 0 bridgehead atoms. The molecule has 5 rings (SSSR count). The molecule has 0 saturated carbocycles. The summed E-state index contributed by atoms with van der Waals surface area (Å²) in [5.41, 5.74) is 1.28. The number of nitrogens with zero attached hydrogens (tertiary/aromatic N) is 3. The predicted octanol–water partition coefficient (Wildman–Crippen LogP) is 2.41. The van der Waals surface area contributed by atoms with Crippen molar-refractivity contribution in [1.29, 1.82) is 0 Å². The van der Waals surface area contributed by atoms with Gasteiger partial charge in [-0.2, -0.15) is 10.2 Å². The highest BCUT2D eigenvalue weighted by Gasteiger charge is 2.54. The molecule has 2 N–H and O–H groups in total. The van der Waals surface area contributed by atoms with Crippen LogP contribution in [0.25, 0.3) is 0 Å².